The average molecular weight is 640 g/mol. The molecular weight excluding hydrogens is 590 g/mol. The molecule has 3 rings (SSSR count). The number of hydrogen-bond acceptors (Lipinski definition) is 14. The lowest BCUT2D eigenvalue weighted by molar-refractivity contribution is -0.313. The maximum absolute atomic E-state index is 12.2. The van der Waals surface area contributed by atoms with Crippen LogP contribution in [0.15, 0.2) is 0 Å². The summed E-state index contributed by atoms with van der Waals surface area (Å²) in [4.78, 5) is 23.9. The van der Waals surface area contributed by atoms with E-state index in [1.807, 2.05) is 0 Å². The molecule has 0 aromatic heterocycles. The lowest BCUT2D eigenvalue weighted by atomic mass is 9.88. The van der Waals surface area contributed by atoms with Gasteiger partial charge in [0.05, 0.1) is 43.7 Å². The average Bonchev–Trinajstić information content (AvgIpc) is 2.99. The van der Waals surface area contributed by atoms with E-state index in [1.54, 1.807) is 6.92 Å². The molecule has 0 radical (unpaired) electrons. The summed E-state index contributed by atoms with van der Waals surface area (Å²) in [6.07, 6.45) is -8.91. The first-order valence-corrected chi connectivity index (χ1v) is 15.2. The molecule has 2 aliphatic heterocycles. The number of ether oxygens (including phenoxy) is 5. The van der Waals surface area contributed by atoms with E-state index in [-0.39, 0.29) is 18.8 Å². The first-order valence-electron chi connectivity index (χ1n) is 15.2. The Morgan fingerprint density at radius 1 is 0.977 bits per heavy atom. The van der Waals surface area contributed by atoms with Crippen molar-refractivity contribution < 1.29 is 74.1 Å². The second kappa shape index (κ2) is 16.9. The Morgan fingerprint density at radius 3 is 2.27 bits per heavy atom. The minimum Gasteiger partial charge on any atom is -0.477 e. The van der Waals surface area contributed by atoms with Gasteiger partial charge in [0, 0.05) is 20.0 Å². The molecule has 1 saturated carbocycles. The van der Waals surface area contributed by atoms with Crippen molar-refractivity contribution in [2.45, 2.75) is 144 Å². The Morgan fingerprint density at radius 2 is 1.64 bits per heavy atom. The van der Waals surface area contributed by atoms with E-state index in [0.717, 1.165) is 26.2 Å². The largest absolute Gasteiger partial charge is 0.477 e. The number of rotatable bonds is 15. The Hall–Kier alpha value is -1.54. The molecule has 13 atom stereocenters. The molecule has 16 heteroatoms. The summed E-state index contributed by atoms with van der Waals surface area (Å²) < 4.78 is 28.8. The standard InChI is InChI=1S/C28H49NO15/c1-14-21(34)23(36)24(37)26(42-14)43-19-9-5-4-8-18(19)40-10-6-3-7-11-41-28(27(38)39)12-16(32)20(29-15(2)31)25(44-28)22(35)17(33)13-30/h14,16-26,30,32-37H,3-13H2,1-2H3,(H,29,31)(H,38,39)/t14-,16-,17+,18?,19+,20+,21+,22+,23+,24-,25?,26-,28+/m0/s1. The highest BCUT2D eigenvalue weighted by Gasteiger charge is 2.55. The molecule has 2 heterocycles. The van der Waals surface area contributed by atoms with Crippen molar-refractivity contribution in [2.24, 2.45) is 0 Å². The minimum atomic E-state index is -2.37. The predicted octanol–water partition coefficient (Wildman–Crippen LogP) is -2.51. The van der Waals surface area contributed by atoms with Crippen LogP contribution in [-0.2, 0) is 33.3 Å². The number of hydrogen-bond donors (Lipinski definition) is 9. The molecule has 1 amide bonds. The number of aliphatic hydroxyl groups excluding tert-OH is 7. The monoisotopic (exact) mass is 639 g/mol. The number of unbranched alkanes of at least 4 members (excludes halogenated alkanes) is 2. The molecule has 0 bridgehead atoms. The summed E-state index contributed by atoms with van der Waals surface area (Å²) in [5, 5.41) is 83.0. The number of nitrogens with one attached hydrogen (secondary N) is 1. The fourth-order valence-electron chi connectivity index (χ4n) is 5.84. The number of carboxylic acid groups (broad SMARTS) is 1. The molecule has 1 aliphatic carbocycles. The van der Waals surface area contributed by atoms with E-state index in [4.69, 9.17) is 23.7 Å². The van der Waals surface area contributed by atoms with Gasteiger partial charge in [-0.25, -0.2) is 4.79 Å². The van der Waals surface area contributed by atoms with Gasteiger partial charge in [0.1, 0.15) is 36.6 Å². The number of carbonyl (C=O) groups is 2. The van der Waals surface area contributed by atoms with Crippen LogP contribution >= 0.6 is 0 Å². The molecule has 0 aromatic carbocycles. The topological polar surface area (TPSA) is 254 Å². The summed E-state index contributed by atoms with van der Waals surface area (Å²) in [6, 6.07) is -1.27. The van der Waals surface area contributed by atoms with Crippen LogP contribution in [0.25, 0.3) is 0 Å². The van der Waals surface area contributed by atoms with E-state index in [2.05, 4.69) is 5.32 Å². The lowest BCUT2D eigenvalue weighted by Gasteiger charge is -2.46. The molecule has 16 nitrogen and oxygen atoms in total. The van der Waals surface area contributed by atoms with E-state index >= 15 is 0 Å². The highest BCUT2D eigenvalue weighted by atomic mass is 16.7. The fourth-order valence-corrected chi connectivity index (χ4v) is 5.84. The summed E-state index contributed by atoms with van der Waals surface area (Å²) in [5.74, 6) is -4.52. The lowest BCUT2D eigenvalue weighted by Crippen LogP contribution is -2.67. The molecular formula is C28H49NO15. The van der Waals surface area contributed by atoms with Crippen molar-refractivity contribution >= 4 is 11.9 Å². The van der Waals surface area contributed by atoms with Gasteiger partial charge in [-0.1, -0.05) is 12.8 Å². The van der Waals surface area contributed by atoms with Crippen LogP contribution in [-0.4, -0.2) is 152 Å². The maximum Gasteiger partial charge on any atom is 0.364 e. The van der Waals surface area contributed by atoms with Gasteiger partial charge in [0.2, 0.25) is 5.91 Å². The van der Waals surface area contributed by atoms with Crippen molar-refractivity contribution in [2.75, 3.05) is 19.8 Å². The van der Waals surface area contributed by atoms with Gasteiger partial charge in [-0.3, -0.25) is 4.79 Å². The normalized spacial score (nSPS) is 39.4. The second-order valence-corrected chi connectivity index (χ2v) is 11.8. The molecule has 2 saturated heterocycles. The molecule has 44 heavy (non-hydrogen) atoms. The third-order valence-electron chi connectivity index (χ3n) is 8.40. The minimum absolute atomic E-state index is 0.0897. The van der Waals surface area contributed by atoms with Gasteiger partial charge in [0.15, 0.2) is 6.29 Å². The summed E-state index contributed by atoms with van der Waals surface area (Å²) in [6.45, 7) is 2.15. The zero-order chi connectivity index (χ0) is 32.6. The van der Waals surface area contributed by atoms with Crippen molar-refractivity contribution in [1.82, 2.24) is 5.32 Å². The first-order chi connectivity index (χ1) is 20.8. The van der Waals surface area contributed by atoms with Crippen LogP contribution in [0.4, 0.5) is 0 Å². The molecule has 256 valence electrons. The number of carboxylic acids is 1. The number of aliphatic hydroxyl groups is 7. The maximum atomic E-state index is 12.2. The van der Waals surface area contributed by atoms with Crippen LogP contribution < -0.4 is 5.32 Å². The van der Waals surface area contributed by atoms with Crippen LogP contribution in [0.5, 0.6) is 0 Å². The summed E-state index contributed by atoms with van der Waals surface area (Å²) in [5.41, 5.74) is 0. The van der Waals surface area contributed by atoms with Gasteiger partial charge >= 0.3 is 5.97 Å². The first kappa shape index (κ1) is 36.9. The van der Waals surface area contributed by atoms with Crippen molar-refractivity contribution in [3.8, 4) is 0 Å². The van der Waals surface area contributed by atoms with Gasteiger partial charge in [0.25, 0.3) is 5.79 Å². The van der Waals surface area contributed by atoms with Crippen molar-refractivity contribution in [3.05, 3.63) is 0 Å². The molecule has 3 aliphatic rings. The smallest absolute Gasteiger partial charge is 0.364 e. The molecule has 3 fully saturated rings. The third-order valence-corrected chi connectivity index (χ3v) is 8.40. The van der Waals surface area contributed by atoms with Crippen molar-refractivity contribution in [1.29, 1.82) is 0 Å². The van der Waals surface area contributed by atoms with Gasteiger partial charge in [-0.2, -0.15) is 0 Å². The number of amides is 1. The van der Waals surface area contributed by atoms with Gasteiger partial charge in [-0.15, -0.1) is 0 Å². The van der Waals surface area contributed by atoms with Crippen molar-refractivity contribution in [3.63, 3.8) is 0 Å². The van der Waals surface area contributed by atoms with E-state index in [0.29, 0.717) is 32.3 Å². The molecule has 0 spiro atoms. The van der Waals surface area contributed by atoms with Gasteiger partial charge in [-0.05, 0) is 39.0 Å². The highest BCUT2D eigenvalue weighted by molar-refractivity contribution is 5.76. The quantitative estimate of drug-likeness (QED) is 0.0839. The van der Waals surface area contributed by atoms with E-state index in [1.165, 1.54) is 0 Å². The van der Waals surface area contributed by atoms with Crippen LogP contribution in [0.1, 0.15) is 65.2 Å². The zero-order valence-corrected chi connectivity index (χ0v) is 25.1. The Bertz CT molecular complexity index is 912. The highest BCUT2D eigenvalue weighted by Crippen LogP contribution is 2.34. The van der Waals surface area contributed by atoms with E-state index in [9.17, 15) is 50.4 Å². The third kappa shape index (κ3) is 9.27. The van der Waals surface area contributed by atoms with Gasteiger partial charge < -0.3 is 69.9 Å². The number of aliphatic carboxylic acids is 1. The zero-order valence-electron chi connectivity index (χ0n) is 25.1. The molecule has 2 unspecified atom stereocenters. The summed E-state index contributed by atoms with van der Waals surface area (Å²) in [7, 11) is 0. The fraction of sp³-hybridized carbons (Fsp3) is 0.929. The Kier molecular flexibility index (Phi) is 14.1. The second-order valence-electron chi connectivity index (χ2n) is 11.8. The SMILES string of the molecule is CC(=O)N[C@H]1C([C@H](O)[C@H](O)CO)O[C@@](OCCCCCOC2CCCC[C@H]2O[C@@H]2O[C@@H](C)[C@@H](O)[C@@H](O)[C@@H]2O)(C(=O)O)C[C@@H]1O. The molecule has 9 N–H and O–H groups in total. The van der Waals surface area contributed by atoms with Crippen LogP contribution in [0, 0.1) is 0 Å². The predicted molar refractivity (Wildman–Crippen MR) is 148 cm³/mol. The number of carbonyl (C=O) groups excluding carboxylic acids is 1. The Labute approximate surface area is 255 Å². The van der Waals surface area contributed by atoms with E-state index < -0.39 is 91.9 Å². The van der Waals surface area contributed by atoms with Crippen LogP contribution in [0.2, 0.25) is 0 Å². The Balaban J connectivity index is 1.48. The van der Waals surface area contributed by atoms with Crippen LogP contribution in [0.3, 0.4) is 0 Å². The molecule has 0 aromatic rings. The summed E-state index contributed by atoms with van der Waals surface area (Å²) >= 11 is 0.